The Labute approximate surface area is 350 Å². The summed E-state index contributed by atoms with van der Waals surface area (Å²) in [5.74, 6) is 0.620. The zero-order valence-corrected chi connectivity index (χ0v) is 32.8. The van der Waals surface area contributed by atoms with E-state index in [2.05, 4.69) is 209 Å². The van der Waals surface area contributed by atoms with E-state index in [0.717, 1.165) is 105 Å². The number of aromatic nitrogens is 4. The Bertz CT molecular complexity index is 3840. The molecule has 0 aliphatic heterocycles. The van der Waals surface area contributed by atoms with Gasteiger partial charge in [0.15, 0.2) is 0 Å². The minimum absolute atomic E-state index is 0.620. The molecule has 4 aromatic heterocycles. The minimum Gasteiger partial charge on any atom is -0.456 e. The van der Waals surface area contributed by atoms with E-state index in [9.17, 15) is 0 Å². The maximum atomic E-state index is 6.54. The Kier molecular flexibility index (Phi) is 7.24. The van der Waals surface area contributed by atoms with Crippen molar-refractivity contribution in [2.24, 2.45) is 0 Å². The second-order valence-corrected chi connectivity index (χ2v) is 15.7. The van der Waals surface area contributed by atoms with Crippen LogP contribution >= 0.6 is 0 Å². The Balaban J connectivity index is 1.15. The Morgan fingerprint density at radius 1 is 0.328 bits per heavy atom. The van der Waals surface area contributed by atoms with Crippen molar-refractivity contribution in [3.8, 4) is 45.1 Å². The summed E-state index contributed by atoms with van der Waals surface area (Å²) in [5.41, 5.74) is 14.6. The van der Waals surface area contributed by atoms with Crippen molar-refractivity contribution in [3.63, 3.8) is 0 Å². The van der Waals surface area contributed by atoms with Gasteiger partial charge in [-0.05, 0) is 64.7 Å². The second kappa shape index (κ2) is 13.1. The van der Waals surface area contributed by atoms with Gasteiger partial charge < -0.3 is 8.98 Å². The van der Waals surface area contributed by atoms with Crippen molar-refractivity contribution >= 4 is 76.5 Å². The first kappa shape index (κ1) is 33.7. The second-order valence-electron chi connectivity index (χ2n) is 15.7. The van der Waals surface area contributed by atoms with Crippen molar-refractivity contribution < 1.29 is 4.42 Å². The average Bonchev–Trinajstić information content (AvgIpc) is 4.00. The fourth-order valence-electron chi connectivity index (χ4n) is 9.58. The monoisotopic (exact) mass is 778 g/mol. The molecule has 13 aromatic rings. The molecule has 5 nitrogen and oxygen atoms in total. The van der Waals surface area contributed by atoms with Crippen LogP contribution in [0, 0.1) is 0 Å². The smallest absolute Gasteiger partial charge is 0.235 e. The minimum atomic E-state index is 0.620. The van der Waals surface area contributed by atoms with Gasteiger partial charge in [0, 0.05) is 43.6 Å². The van der Waals surface area contributed by atoms with Gasteiger partial charge in [-0.2, -0.15) is 0 Å². The highest BCUT2D eigenvalue weighted by molar-refractivity contribution is 6.29. The lowest BCUT2D eigenvalue weighted by Crippen LogP contribution is -2.05. The van der Waals surface area contributed by atoms with E-state index in [0.29, 0.717) is 5.95 Å². The summed E-state index contributed by atoms with van der Waals surface area (Å²) in [4.78, 5) is 10.9. The zero-order valence-electron chi connectivity index (χ0n) is 32.8. The number of nitrogens with zero attached hydrogens (tertiary/aromatic N) is 4. The Hall–Kier alpha value is -8.28. The summed E-state index contributed by atoms with van der Waals surface area (Å²) in [6, 6.07) is 73.0. The van der Waals surface area contributed by atoms with Gasteiger partial charge in [0.25, 0.3) is 0 Å². The number of hydrogen-bond acceptors (Lipinski definition) is 3. The van der Waals surface area contributed by atoms with Crippen LogP contribution in [0.15, 0.2) is 211 Å². The van der Waals surface area contributed by atoms with E-state index in [-0.39, 0.29) is 0 Å². The van der Waals surface area contributed by atoms with E-state index < -0.39 is 0 Å². The number of furan rings is 1. The summed E-state index contributed by atoms with van der Waals surface area (Å²) in [6.07, 6.45) is 0. The molecule has 0 atom stereocenters. The van der Waals surface area contributed by atoms with Crippen LogP contribution in [0.4, 0.5) is 0 Å². The van der Waals surface area contributed by atoms with Gasteiger partial charge in [0.05, 0.1) is 38.7 Å². The molecule has 284 valence electrons. The molecule has 4 heterocycles. The molecule has 0 spiro atoms. The largest absolute Gasteiger partial charge is 0.456 e. The summed E-state index contributed by atoms with van der Waals surface area (Å²) < 4.78 is 11.3. The third-order valence-electron chi connectivity index (χ3n) is 12.4. The molecule has 0 saturated carbocycles. The van der Waals surface area contributed by atoms with Crippen LogP contribution in [-0.4, -0.2) is 19.1 Å². The summed E-state index contributed by atoms with van der Waals surface area (Å²) in [7, 11) is 0. The number of fused-ring (bicyclic) bond motifs is 12. The lowest BCUT2D eigenvalue weighted by molar-refractivity contribution is 0.669. The van der Waals surface area contributed by atoms with Gasteiger partial charge in [0.1, 0.15) is 11.2 Å². The molecule has 13 rings (SSSR count). The van der Waals surface area contributed by atoms with E-state index in [4.69, 9.17) is 14.4 Å². The first-order chi connectivity index (χ1) is 30.3. The number of hydrogen-bond donors (Lipinski definition) is 0. The number of para-hydroxylation sites is 3. The van der Waals surface area contributed by atoms with Crippen molar-refractivity contribution in [1.82, 2.24) is 19.1 Å². The number of benzene rings is 9. The van der Waals surface area contributed by atoms with Crippen LogP contribution < -0.4 is 0 Å². The summed E-state index contributed by atoms with van der Waals surface area (Å²) in [6.45, 7) is 0. The van der Waals surface area contributed by atoms with Crippen LogP contribution in [0.2, 0.25) is 0 Å². The predicted molar refractivity (Wildman–Crippen MR) is 252 cm³/mol. The fourth-order valence-corrected chi connectivity index (χ4v) is 9.58. The zero-order chi connectivity index (χ0) is 40.0. The lowest BCUT2D eigenvalue weighted by atomic mass is 10.0. The molecule has 0 radical (unpaired) electrons. The average molecular weight is 779 g/mol. The molecular weight excluding hydrogens is 745 g/mol. The van der Waals surface area contributed by atoms with E-state index >= 15 is 0 Å². The van der Waals surface area contributed by atoms with Crippen molar-refractivity contribution in [2.45, 2.75) is 0 Å². The molecule has 0 amide bonds. The molecule has 0 N–H and O–H groups in total. The van der Waals surface area contributed by atoms with Gasteiger partial charge >= 0.3 is 0 Å². The lowest BCUT2D eigenvalue weighted by Gasteiger charge is -2.14. The molecule has 0 bridgehead atoms. The number of rotatable bonds is 5. The van der Waals surface area contributed by atoms with Crippen LogP contribution in [0.3, 0.4) is 0 Å². The van der Waals surface area contributed by atoms with Gasteiger partial charge in [-0.15, -0.1) is 0 Å². The topological polar surface area (TPSA) is 48.8 Å². The predicted octanol–water partition coefficient (Wildman–Crippen LogP) is 14.7. The molecule has 0 saturated heterocycles. The Morgan fingerprint density at radius 3 is 1.59 bits per heavy atom. The highest BCUT2D eigenvalue weighted by Gasteiger charge is 2.25. The SMILES string of the molecule is c1ccc(-c2ccc(-c3nc(-n4c5ccccc5c5ccc6c7ccc8oc9ccccc9c8c7n(-c7ccc(-c8ccccc8)cc7)c6c54)nc4ccccc34)cc2)cc1. The summed E-state index contributed by atoms with van der Waals surface area (Å²) >= 11 is 0. The molecule has 0 fully saturated rings. The fraction of sp³-hybridized carbons (Fsp3) is 0. The van der Waals surface area contributed by atoms with Crippen molar-refractivity contribution in [1.29, 1.82) is 0 Å². The van der Waals surface area contributed by atoms with Crippen LogP contribution in [0.25, 0.3) is 122 Å². The standard InChI is InChI=1S/C56H34N4O/c1-3-13-35(14-4-1)37-23-25-39(26-24-37)52-45-18-7-10-20-47(45)57-56(58-52)60-48-21-11-8-17-41(48)42-31-32-44-43-33-34-50-51(46-19-9-12-22-49(46)61-50)53(43)59(54(44)55(42)60)40-29-27-38(28-30-40)36-15-5-2-6-16-36/h1-34H. The quantitative estimate of drug-likeness (QED) is 0.175. The molecular formula is C56H34N4O. The van der Waals surface area contributed by atoms with Gasteiger partial charge in [-0.3, -0.25) is 4.57 Å². The molecule has 0 aliphatic carbocycles. The van der Waals surface area contributed by atoms with Gasteiger partial charge in [0.2, 0.25) is 5.95 Å². The van der Waals surface area contributed by atoms with Crippen molar-refractivity contribution in [3.05, 3.63) is 206 Å². The van der Waals surface area contributed by atoms with Crippen LogP contribution in [0.1, 0.15) is 0 Å². The Morgan fingerprint density at radius 2 is 0.852 bits per heavy atom. The highest BCUT2D eigenvalue weighted by Crippen LogP contribution is 2.45. The molecule has 9 aromatic carbocycles. The molecule has 0 unspecified atom stereocenters. The van der Waals surface area contributed by atoms with E-state index in [1.807, 2.05) is 6.07 Å². The van der Waals surface area contributed by atoms with Crippen LogP contribution in [0.5, 0.6) is 0 Å². The van der Waals surface area contributed by atoms with Crippen molar-refractivity contribution in [2.75, 3.05) is 0 Å². The highest BCUT2D eigenvalue weighted by atomic mass is 16.3. The normalized spacial score (nSPS) is 11.9. The maximum absolute atomic E-state index is 6.54. The van der Waals surface area contributed by atoms with E-state index in [1.54, 1.807) is 0 Å². The molecule has 61 heavy (non-hydrogen) atoms. The van der Waals surface area contributed by atoms with Gasteiger partial charge in [-0.1, -0.05) is 164 Å². The van der Waals surface area contributed by atoms with Crippen LogP contribution in [-0.2, 0) is 0 Å². The molecule has 5 heteroatoms. The first-order valence-corrected chi connectivity index (χ1v) is 20.7. The van der Waals surface area contributed by atoms with Gasteiger partial charge in [-0.25, -0.2) is 9.97 Å². The summed E-state index contributed by atoms with van der Waals surface area (Å²) in [5, 5.41) is 7.75. The third kappa shape index (κ3) is 5.08. The van der Waals surface area contributed by atoms with E-state index in [1.165, 1.54) is 11.1 Å². The first-order valence-electron chi connectivity index (χ1n) is 20.7. The maximum Gasteiger partial charge on any atom is 0.235 e. The molecule has 0 aliphatic rings. The third-order valence-corrected chi connectivity index (χ3v) is 12.4.